The Labute approximate surface area is 107 Å². The normalized spacial score (nSPS) is 32.1. The predicted molar refractivity (Wildman–Crippen MR) is 74.3 cm³/mol. The molecule has 100 valence electrons. The van der Waals surface area contributed by atoms with E-state index in [1.807, 2.05) is 0 Å². The van der Waals surface area contributed by atoms with Crippen LogP contribution in [0.2, 0.25) is 0 Å². The summed E-state index contributed by atoms with van der Waals surface area (Å²) in [6, 6.07) is 0.843. The van der Waals surface area contributed by atoms with Crippen LogP contribution in [0.4, 0.5) is 0 Å². The smallest absolute Gasteiger partial charge is 0.00670 e. The fourth-order valence-corrected chi connectivity index (χ4v) is 3.29. The Morgan fingerprint density at radius 1 is 1.06 bits per heavy atom. The molecule has 1 aliphatic heterocycles. The number of piperidine rings is 1. The van der Waals surface area contributed by atoms with Gasteiger partial charge in [-0.25, -0.2) is 0 Å². The summed E-state index contributed by atoms with van der Waals surface area (Å²) in [6.45, 7) is 10.00. The van der Waals surface area contributed by atoms with E-state index >= 15 is 0 Å². The average Bonchev–Trinajstić information content (AvgIpc) is 2.82. The Hall–Kier alpha value is -0.0800. The third kappa shape index (κ3) is 4.26. The van der Waals surface area contributed by atoms with Crippen molar-refractivity contribution in [3.05, 3.63) is 0 Å². The van der Waals surface area contributed by atoms with Crippen molar-refractivity contribution < 1.29 is 0 Å². The van der Waals surface area contributed by atoms with E-state index in [1.54, 1.807) is 0 Å². The van der Waals surface area contributed by atoms with Gasteiger partial charge in [0.2, 0.25) is 0 Å². The molecule has 0 radical (unpaired) electrons. The van der Waals surface area contributed by atoms with Gasteiger partial charge in [-0.15, -0.1) is 0 Å². The van der Waals surface area contributed by atoms with Crippen LogP contribution in [-0.2, 0) is 0 Å². The Kier molecular flexibility index (Phi) is 5.30. The molecule has 0 amide bonds. The molecule has 1 saturated heterocycles. The topological polar surface area (TPSA) is 15.3 Å². The minimum atomic E-state index is 0.843. The number of hydrogen-bond donors (Lipinski definition) is 1. The van der Waals surface area contributed by atoms with Crippen LogP contribution in [0.25, 0.3) is 0 Å². The van der Waals surface area contributed by atoms with Crippen molar-refractivity contribution in [2.45, 2.75) is 58.4 Å². The highest BCUT2D eigenvalue weighted by Gasteiger charge is 2.22. The summed E-state index contributed by atoms with van der Waals surface area (Å²) in [4.78, 5) is 2.67. The molecule has 0 aromatic carbocycles. The third-order valence-corrected chi connectivity index (χ3v) is 4.86. The summed E-state index contributed by atoms with van der Waals surface area (Å²) in [7, 11) is 0. The summed E-state index contributed by atoms with van der Waals surface area (Å²) in [5, 5.41) is 3.71. The van der Waals surface area contributed by atoms with Crippen molar-refractivity contribution in [2.75, 3.05) is 26.2 Å². The molecular weight excluding hydrogens is 208 g/mol. The van der Waals surface area contributed by atoms with E-state index in [1.165, 1.54) is 64.7 Å². The molecule has 17 heavy (non-hydrogen) atoms. The van der Waals surface area contributed by atoms with Crippen LogP contribution < -0.4 is 5.32 Å². The summed E-state index contributed by atoms with van der Waals surface area (Å²) in [5.41, 5.74) is 0. The molecule has 1 N–H and O–H groups in total. The minimum absolute atomic E-state index is 0.843. The van der Waals surface area contributed by atoms with Gasteiger partial charge in [0.05, 0.1) is 0 Å². The average molecular weight is 238 g/mol. The highest BCUT2D eigenvalue weighted by molar-refractivity contribution is 4.76. The molecule has 2 aliphatic rings. The van der Waals surface area contributed by atoms with Gasteiger partial charge in [-0.3, -0.25) is 0 Å². The van der Waals surface area contributed by atoms with Crippen molar-refractivity contribution in [3.63, 3.8) is 0 Å². The maximum absolute atomic E-state index is 3.71. The molecule has 2 atom stereocenters. The van der Waals surface area contributed by atoms with Crippen molar-refractivity contribution in [1.82, 2.24) is 10.2 Å². The Bertz CT molecular complexity index is 211. The lowest BCUT2D eigenvalue weighted by Crippen LogP contribution is -2.40. The molecular formula is C15H30N2. The van der Waals surface area contributed by atoms with E-state index in [4.69, 9.17) is 0 Å². The van der Waals surface area contributed by atoms with E-state index in [9.17, 15) is 0 Å². The molecule has 2 rings (SSSR count). The van der Waals surface area contributed by atoms with Crippen molar-refractivity contribution >= 4 is 0 Å². The summed E-state index contributed by atoms with van der Waals surface area (Å²) >= 11 is 0. The predicted octanol–water partition coefficient (Wildman–Crippen LogP) is 2.89. The van der Waals surface area contributed by atoms with Crippen LogP contribution in [0.15, 0.2) is 0 Å². The van der Waals surface area contributed by atoms with Gasteiger partial charge in [-0.2, -0.15) is 0 Å². The summed E-state index contributed by atoms with van der Waals surface area (Å²) in [5.74, 6) is 1.83. The van der Waals surface area contributed by atoms with Gasteiger partial charge in [-0.05, 0) is 57.2 Å². The van der Waals surface area contributed by atoms with E-state index in [-0.39, 0.29) is 0 Å². The second-order valence-electron chi connectivity index (χ2n) is 6.33. The van der Waals surface area contributed by atoms with Crippen LogP contribution in [0, 0.1) is 11.8 Å². The Morgan fingerprint density at radius 2 is 1.82 bits per heavy atom. The van der Waals surface area contributed by atoms with Gasteiger partial charge in [0.15, 0.2) is 0 Å². The van der Waals surface area contributed by atoms with Gasteiger partial charge in [0.25, 0.3) is 0 Å². The molecule has 2 unspecified atom stereocenters. The maximum Gasteiger partial charge on any atom is 0.00670 e. The monoisotopic (exact) mass is 238 g/mol. The first kappa shape index (κ1) is 13.4. The van der Waals surface area contributed by atoms with Crippen molar-refractivity contribution in [2.24, 2.45) is 11.8 Å². The third-order valence-electron chi connectivity index (χ3n) is 4.86. The first-order valence-electron chi connectivity index (χ1n) is 7.71. The van der Waals surface area contributed by atoms with Crippen LogP contribution in [-0.4, -0.2) is 37.1 Å². The lowest BCUT2D eigenvalue weighted by atomic mass is 9.89. The number of nitrogens with one attached hydrogen (secondary N) is 1. The second-order valence-corrected chi connectivity index (χ2v) is 6.33. The first-order chi connectivity index (χ1) is 8.25. The summed E-state index contributed by atoms with van der Waals surface area (Å²) in [6.07, 6.45) is 8.45. The van der Waals surface area contributed by atoms with Crippen LogP contribution in [0.1, 0.15) is 52.4 Å². The molecule has 0 aromatic heterocycles. The van der Waals surface area contributed by atoms with Gasteiger partial charge in [0.1, 0.15) is 0 Å². The van der Waals surface area contributed by atoms with Crippen LogP contribution in [0.5, 0.6) is 0 Å². The maximum atomic E-state index is 3.71. The molecule has 0 aromatic rings. The molecule has 0 spiro atoms. The van der Waals surface area contributed by atoms with E-state index in [2.05, 4.69) is 24.1 Å². The number of likely N-dealkylation sites (tertiary alicyclic amines) is 1. The highest BCUT2D eigenvalue weighted by Crippen LogP contribution is 2.22. The fraction of sp³-hybridized carbons (Fsp3) is 1.00. The zero-order chi connectivity index (χ0) is 12.1. The molecule has 1 saturated carbocycles. The Morgan fingerprint density at radius 3 is 2.53 bits per heavy atom. The largest absolute Gasteiger partial charge is 0.314 e. The standard InChI is InChI=1S/C15H30N2/c1-13-8-11-17(12-14(13)2)10-5-9-16-15-6-3-4-7-15/h13-16H,3-12H2,1-2H3. The van der Waals surface area contributed by atoms with Crippen LogP contribution >= 0.6 is 0 Å². The lowest BCUT2D eigenvalue weighted by molar-refractivity contribution is 0.137. The minimum Gasteiger partial charge on any atom is -0.314 e. The molecule has 1 heterocycles. The van der Waals surface area contributed by atoms with Crippen molar-refractivity contribution in [3.8, 4) is 0 Å². The van der Waals surface area contributed by atoms with E-state index in [0.29, 0.717) is 0 Å². The van der Waals surface area contributed by atoms with E-state index < -0.39 is 0 Å². The van der Waals surface area contributed by atoms with Gasteiger partial charge >= 0.3 is 0 Å². The Balaban J connectivity index is 1.53. The zero-order valence-electron chi connectivity index (χ0n) is 11.8. The quantitative estimate of drug-likeness (QED) is 0.741. The second kappa shape index (κ2) is 6.75. The number of rotatable bonds is 5. The summed E-state index contributed by atoms with van der Waals surface area (Å²) < 4.78 is 0. The molecule has 2 nitrogen and oxygen atoms in total. The van der Waals surface area contributed by atoms with Crippen LogP contribution in [0.3, 0.4) is 0 Å². The molecule has 0 bridgehead atoms. The highest BCUT2D eigenvalue weighted by atomic mass is 15.1. The van der Waals surface area contributed by atoms with Gasteiger partial charge in [0, 0.05) is 12.6 Å². The van der Waals surface area contributed by atoms with Crippen molar-refractivity contribution in [1.29, 1.82) is 0 Å². The zero-order valence-corrected chi connectivity index (χ0v) is 11.8. The van der Waals surface area contributed by atoms with E-state index in [0.717, 1.165) is 17.9 Å². The van der Waals surface area contributed by atoms with Gasteiger partial charge in [-0.1, -0.05) is 26.7 Å². The van der Waals surface area contributed by atoms with Gasteiger partial charge < -0.3 is 10.2 Å². The molecule has 2 fully saturated rings. The molecule has 1 aliphatic carbocycles. The lowest BCUT2D eigenvalue weighted by Gasteiger charge is -2.35. The SMILES string of the molecule is CC1CCN(CCCNC2CCCC2)CC1C. The number of nitrogens with zero attached hydrogens (tertiary/aromatic N) is 1. The first-order valence-corrected chi connectivity index (χ1v) is 7.71. The number of hydrogen-bond acceptors (Lipinski definition) is 2. The fourth-order valence-electron chi connectivity index (χ4n) is 3.29. The molecule has 2 heteroatoms.